The van der Waals surface area contributed by atoms with Gasteiger partial charge in [0.2, 0.25) is 11.8 Å². The smallest absolute Gasteiger partial charge is 0.409 e. The first-order valence-electron chi connectivity index (χ1n) is 19.1. The number of fused-ring (bicyclic) bond motifs is 5. The van der Waals surface area contributed by atoms with Gasteiger partial charge in [-0.2, -0.15) is 0 Å². The molecule has 0 unspecified atom stereocenters. The molecule has 2 fully saturated rings. The number of likely N-dealkylation sites (N-methyl/N-ethyl adjacent to an activating group) is 1. The van der Waals surface area contributed by atoms with Gasteiger partial charge in [0, 0.05) is 51.8 Å². The summed E-state index contributed by atoms with van der Waals surface area (Å²) in [5.74, 6) is -1.47. The monoisotopic (exact) mass is 891 g/mol. The third kappa shape index (κ3) is 10.7. The molecular formula is C40H50ClN5O12S2. The van der Waals surface area contributed by atoms with Crippen molar-refractivity contribution in [2.45, 2.75) is 100 Å². The second-order valence-electron chi connectivity index (χ2n) is 15.2. The number of nitrogens with zero attached hydrogens (tertiary/aromatic N) is 4. The van der Waals surface area contributed by atoms with Crippen molar-refractivity contribution in [2.24, 2.45) is 5.92 Å². The number of rotatable bonds is 11. The number of carbonyl (C=O) groups excluding carboxylic acids is 4. The Bertz CT molecular complexity index is 2020. The Balaban J connectivity index is 1.39. The Morgan fingerprint density at radius 3 is 2.65 bits per heavy atom. The summed E-state index contributed by atoms with van der Waals surface area (Å²) in [5, 5.41) is 25.9. The van der Waals surface area contributed by atoms with Crippen molar-refractivity contribution < 1.29 is 52.9 Å². The van der Waals surface area contributed by atoms with E-state index in [9.17, 15) is 34.4 Å². The summed E-state index contributed by atoms with van der Waals surface area (Å²) in [4.78, 5) is 71.3. The van der Waals surface area contributed by atoms with Gasteiger partial charge < -0.3 is 38.6 Å². The van der Waals surface area contributed by atoms with Crippen molar-refractivity contribution in [1.82, 2.24) is 15.2 Å². The standard InChI is InChI=1S/C40H50ClN5O12S2/c1-22-10-9-11-30(55-8)40(51)20-29(56-38(50)43-40)23(2)36-39(4,58-36)31(19-34(48)45(6)27-17-25(16-22)18-28(54-7)35(27)41)57-37(49)24(3)44(5)33(47)14-15-59-60-32-13-12-26(21-42-32)46(52)53/h9-13,17-18,21,23-24,29-31,36,51H,14-16,19-20H2,1-8H3,(H,43,50)/b11-9+,22-10+/t23-,24+,29+,30-,31+,36+,39-,40+/m1/s1. The Labute approximate surface area is 361 Å². The second kappa shape index (κ2) is 19.5. The van der Waals surface area contributed by atoms with Crippen LogP contribution in [-0.4, -0.2) is 120 Å². The fourth-order valence-corrected chi connectivity index (χ4v) is 9.31. The molecule has 17 nitrogen and oxygen atoms in total. The number of esters is 1. The first kappa shape index (κ1) is 46.7. The normalized spacial score (nSPS) is 28.8. The zero-order chi connectivity index (χ0) is 44.1. The molecule has 2 aromatic rings. The number of halogens is 1. The van der Waals surface area contributed by atoms with Crippen LogP contribution in [0.25, 0.3) is 0 Å². The second-order valence-corrected chi connectivity index (χ2v) is 18.0. The van der Waals surface area contributed by atoms with Crippen molar-refractivity contribution in [1.29, 1.82) is 0 Å². The van der Waals surface area contributed by atoms with E-state index in [1.54, 1.807) is 45.2 Å². The van der Waals surface area contributed by atoms with Crippen molar-refractivity contribution in [3.05, 3.63) is 75.0 Å². The zero-order valence-corrected chi connectivity index (χ0v) is 36.9. The number of epoxide rings is 1. The number of nitro groups is 1. The van der Waals surface area contributed by atoms with Crippen LogP contribution in [0.4, 0.5) is 16.2 Å². The van der Waals surface area contributed by atoms with Crippen molar-refractivity contribution in [2.75, 3.05) is 39.0 Å². The van der Waals surface area contributed by atoms with Crippen molar-refractivity contribution >= 4 is 68.4 Å². The van der Waals surface area contributed by atoms with E-state index in [1.807, 2.05) is 13.0 Å². The van der Waals surface area contributed by atoms with Crippen molar-refractivity contribution in [3.8, 4) is 5.75 Å². The maximum Gasteiger partial charge on any atom is 0.409 e. The summed E-state index contributed by atoms with van der Waals surface area (Å²) in [6, 6.07) is 5.34. The quantitative estimate of drug-likeness (QED) is 0.0697. The van der Waals surface area contributed by atoms with Gasteiger partial charge in [-0.25, -0.2) is 14.6 Å². The van der Waals surface area contributed by atoms with E-state index in [1.165, 1.54) is 71.7 Å². The highest BCUT2D eigenvalue weighted by molar-refractivity contribution is 8.76. The number of methoxy groups -OCH3 is 2. The van der Waals surface area contributed by atoms with Crippen LogP contribution >= 0.6 is 33.2 Å². The molecule has 5 rings (SSSR count). The number of amides is 3. The number of hydrogen-bond donors (Lipinski definition) is 2. The van der Waals surface area contributed by atoms with Crippen LogP contribution in [0.5, 0.6) is 5.75 Å². The largest absolute Gasteiger partial charge is 0.495 e. The minimum absolute atomic E-state index is 0.0610. The van der Waals surface area contributed by atoms with Crippen LogP contribution in [0.3, 0.4) is 0 Å². The Hall–Kier alpha value is -4.40. The third-order valence-corrected chi connectivity index (χ3v) is 13.6. The Morgan fingerprint density at radius 1 is 1.27 bits per heavy atom. The molecule has 0 radical (unpaired) electrons. The molecule has 1 aromatic heterocycles. The first-order chi connectivity index (χ1) is 28.3. The summed E-state index contributed by atoms with van der Waals surface area (Å²) >= 11 is 6.77. The van der Waals surface area contributed by atoms with Gasteiger partial charge in [0.15, 0.2) is 5.72 Å². The van der Waals surface area contributed by atoms with E-state index >= 15 is 0 Å². The Morgan fingerprint density at radius 2 is 2.00 bits per heavy atom. The lowest BCUT2D eigenvalue weighted by atomic mass is 9.83. The molecule has 4 bridgehead atoms. The van der Waals surface area contributed by atoms with Gasteiger partial charge in [-0.05, 0) is 61.7 Å². The fraction of sp³-hybridized carbons (Fsp3) is 0.525. The molecule has 20 heteroatoms. The van der Waals surface area contributed by atoms with Gasteiger partial charge >= 0.3 is 12.1 Å². The lowest BCUT2D eigenvalue weighted by Gasteiger charge is -2.42. The van der Waals surface area contributed by atoms with E-state index < -0.39 is 70.6 Å². The number of aliphatic hydroxyl groups is 1. The van der Waals surface area contributed by atoms with Crippen LogP contribution in [0.1, 0.15) is 52.5 Å². The molecule has 0 saturated carbocycles. The number of allylic oxidation sites excluding steroid dienone is 3. The SMILES string of the molecule is COc1cc2cc(c1Cl)N(C)C(=O)C[C@H](OC(=O)[C@H](C)N(C)C(=O)CCSSc1ccc([N+](=O)[O-])cn1)[C@@]1(C)O[C@H]1[C@H](C)[C@@H]1C[C@@](O)(NC(=O)O1)[C@H](OC)/C=C/C=C(\C)C2. The van der Waals surface area contributed by atoms with E-state index in [2.05, 4.69) is 10.3 Å². The fourth-order valence-electron chi connectivity index (χ4n) is 7.16. The molecule has 326 valence electrons. The number of hydrogen-bond acceptors (Lipinski definition) is 15. The number of nitrogens with one attached hydrogen (secondary N) is 1. The van der Waals surface area contributed by atoms with Gasteiger partial charge in [0.05, 0.1) is 30.2 Å². The highest BCUT2D eigenvalue weighted by Gasteiger charge is 2.64. The average molecular weight is 892 g/mol. The van der Waals surface area contributed by atoms with Gasteiger partial charge in [-0.15, -0.1) is 0 Å². The first-order valence-corrected chi connectivity index (χ1v) is 21.8. The number of carbonyl (C=O) groups is 4. The molecule has 2 saturated heterocycles. The minimum atomic E-state index is -1.86. The predicted molar refractivity (Wildman–Crippen MR) is 225 cm³/mol. The average Bonchev–Trinajstić information content (AvgIpc) is 3.91. The van der Waals surface area contributed by atoms with Crippen molar-refractivity contribution in [3.63, 3.8) is 0 Å². The van der Waals surface area contributed by atoms with Gasteiger partial charge in [-0.1, -0.05) is 53.1 Å². The van der Waals surface area contributed by atoms with Crippen LogP contribution < -0.4 is 15.0 Å². The molecule has 4 heterocycles. The summed E-state index contributed by atoms with van der Waals surface area (Å²) in [7, 11) is 8.50. The lowest BCUT2D eigenvalue weighted by molar-refractivity contribution is -0.385. The van der Waals surface area contributed by atoms with E-state index in [4.69, 9.17) is 35.3 Å². The summed E-state index contributed by atoms with van der Waals surface area (Å²) in [5.41, 5.74) is -1.20. The molecule has 3 aliphatic rings. The van der Waals surface area contributed by atoms with Crippen LogP contribution in [0.15, 0.2) is 59.3 Å². The molecule has 60 heavy (non-hydrogen) atoms. The van der Waals surface area contributed by atoms with Gasteiger partial charge in [0.25, 0.3) is 5.69 Å². The topological polar surface area (TPSA) is 212 Å². The van der Waals surface area contributed by atoms with Crippen LogP contribution in [0, 0.1) is 16.0 Å². The van der Waals surface area contributed by atoms with Crippen LogP contribution in [-0.2, 0) is 39.8 Å². The molecular weight excluding hydrogens is 842 g/mol. The molecule has 0 spiro atoms. The molecule has 3 amide bonds. The highest BCUT2D eigenvalue weighted by atomic mass is 35.5. The Kier molecular flexibility index (Phi) is 15.2. The van der Waals surface area contributed by atoms with Crippen LogP contribution in [0.2, 0.25) is 5.02 Å². The van der Waals surface area contributed by atoms with E-state index in [0.717, 1.165) is 17.3 Å². The molecule has 8 atom stereocenters. The maximum atomic E-state index is 14.2. The number of aromatic nitrogens is 1. The minimum Gasteiger partial charge on any atom is -0.495 e. The summed E-state index contributed by atoms with van der Waals surface area (Å²) < 4.78 is 29.3. The van der Waals surface area contributed by atoms with E-state index in [0.29, 0.717) is 28.6 Å². The zero-order valence-electron chi connectivity index (χ0n) is 34.5. The van der Waals surface area contributed by atoms with Gasteiger partial charge in [-0.3, -0.25) is 25.0 Å². The number of alkyl carbamates (subject to hydrolysis) is 1. The highest BCUT2D eigenvalue weighted by Crippen LogP contribution is 2.49. The molecule has 0 aliphatic carbocycles. The molecule has 2 N–H and O–H groups in total. The summed E-state index contributed by atoms with van der Waals surface area (Å²) in [6.07, 6.45) is 1.82. The number of benzene rings is 1. The number of ether oxygens (including phenoxy) is 5. The number of anilines is 1. The molecule has 1 aromatic carbocycles. The predicted octanol–water partition coefficient (Wildman–Crippen LogP) is 5.65. The lowest BCUT2D eigenvalue weighted by Crippen LogP contribution is -2.63. The maximum absolute atomic E-state index is 14.2. The molecule has 3 aliphatic heterocycles. The summed E-state index contributed by atoms with van der Waals surface area (Å²) in [6.45, 7) is 6.89. The number of pyridine rings is 1. The van der Waals surface area contributed by atoms with E-state index in [-0.39, 0.29) is 35.9 Å². The van der Waals surface area contributed by atoms with Gasteiger partial charge in [0.1, 0.15) is 51.9 Å². The third-order valence-electron chi connectivity index (χ3n) is 11.0.